The fourth-order valence-corrected chi connectivity index (χ4v) is 7.88. The van der Waals surface area contributed by atoms with E-state index in [4.69, 9.17) is 9.47 Å². The van der Waals surface area contributed by atoms with E-state index >= 15 is 0 Å². The van der Waals surface area contributed by atoms with Crippen molar-refractivity contribution in [2.45, 2.75) is 84.3 Å². The smallest absolute Gasteiger partial charge is 0.338 e. The molecule has 7 atom stereocenters. The molecule has 0 amide bonds. The summed E-state index contributed by atoms with van der Waals surface area (Å²) in [5.74, 6) is 1.61. The molecular formula is C28H36O4. The van der Waals surface area contributed by atoms with Crippen LogP contribution in [0.1, 0.15) is 82.5 Å². The van der Waals surface area contributed by atoms with Crippen molar-refractivity contribution in [3.05, 3.63) is 47.5 Å². The maximum atomic E-state index is 12.8. The normalized spacial score (nSPS) is 40.3. The first-order valence-electron chi connectivity index (χ1n) is 12.4. The summed E-state index contributed by atoms with van der Waals surface area (Å²) in [4.78, 5) is 24.2. The molecule has 1 aromatic carbocycles. The molecule has 3 fully saturated rings. The first kappa shape index (κ1) is 21.7. The highest BCUT2D eigenvalue weighted by molar-refractivity contribution is 5.89. The van der Waals surface area contributed by atoms with Gasteiger partial charge in [-0.2, -0.15) is 0 Å². The van der Waals surface area contributed by atoms with Crippen LogP contribution in [0.15, 0.2) is 42.0 Å². The summed E-state index contributed by atoms with van der Waals surface area (Å²) in [6.07, 6.45) is 11.1. The Hall–Kier alpha value is -2.10. The van der Waals surface area contributed by atoms with Crippen LogP contribution in [-0.4, -0.2) is 24.1 Å². The van der Waals surface area contributed by atoms with Gasteiger partial charge in [-0.25, -0.2) is 4.79 Å². The molecule has 3 saturated carbocycles. The highest BCUT2D eigenvalue weighted by Gasteiger charge is 2.59. The SMILES string of the molecule is CC(=O)OC1CC[C@@]2(C)C(=CC[C@@H]3[C@@H]2CC[C@]2(C)C(OC(=O)c4ccccc4)CC[C@@H]32)C1. The second kappa shape index (κ2) is 8.04. The Labute approximate surface area is 191 Å². The summed E-state index contributed by atoms with van der Waals surface area (Å²) in [6.45, 7) is 6.36. The number of ether oxygens (including phenoxy) is 2. The van der Waals surface area contributed by atoms with Gasteiger partial charge >= 0.3 is 11.9 Å². The highest BCUT2D eigenvalue weighted by Crippen LogP contribution is 2.65. The fourth-order valence-electron chi connectivity index (χ4n) is 7.88. The average Bonchev–Trinajstić information content (AvgIpc) is 3.10. The molecule has 0 heterocycles. The standard InChI is InChI=1S/C28H36O4/c1-18(29)31-21-13-15-27(2)20(17-21)9-10-22-23-11-12-25(28(23,3)16-14-24(22)27)32-26(30)19-7-5-4-6-8-19/h4-9,21-25H,10-17H2,1-3H3/t21?,22-,23-,24-,25?,27-,28-/m0/s1. The number of carbonyl (C=O) groups excluding carboxylic acids is 2. The van der Waals surface area contributed by atoms with Crippen LogP contribution in [0.2, 0.25) is 0 Å². The van der Waals surface area contributed by atoms with E-state index in [0.717, 1.165) is 44.9 Å². The van der Waals surface area contributed by atoms with Crippen molar-refractivity contribution in [1.29, 1.82) is 0 Å². The topological polar surface area (TPSA) is 52.6 Å². The number of benzene rings is 1. The van der Waals surface area contributed by atoms with Crippen molar-refractivity contribution in [3.8, 4) is 0 Å². The summed E-state index contributed by atoms with van der Waals surface area (Å²) >= 11 is 0. The second-order valence-electron chi connectivity index (χ2n) is 11.1. The van der Waals surface area contributed by atoms with E-state index in [1.807, 2.05) is 30.3 Å². The van der Waals surface area contributed by atoms with Crippen molar-refractivity contribution in [2.24, 2.45) is 28.6 Å². The van der Waals surface area contributed by atoms with Gasteiger partial charge in [0.05, 0.1) is 5.56 Å². The molecule has 0 N–H and O–H groups in total. The van der Waals surface area contributed by atoms with E-state index < -0.39 is 0 Å². The molecule has 4 aliphatic rings. The van der Waals surface area contributed by atoms with Gasteiger partial charge in [-0.3, -0.25) is 4.79 Å². The van der Waals surface area contributed by atoms with Gasteiger partial charge in [-0.15, -0.1) is 0 Å². The molecule has 0 bridgehead atoms. The third-order valence-corrected chi connectivity index (χ3v) is 9.56. The summed E-state index contributed by atoms with van der Waals surface area (Å²) in [5.41, 5.74) is 2.46. The van der Waals surface area contributed by atoms with E-state index in [1.54, 1.807) is 0 Å². The maximum absolute atomic E-state index is 12.8. The van der Waals surface area contributed by atoms with Crippen LogP contribution in [0, 0.1) is 28.6 Å². The third-order valence-electron chi connectivity index (χ3n) is 9.56. The van der Waals surface area contributed by atoms with Gasteiger partial charge < -0.3 is 9.47 Å². The predicted octanol–water partition coefficient (Wildman–Crippen LogP) is 6.11. The van der Waals surface area contributed by atoms with Crippen molar-refractivity contribution in [2.75, 3.05) is 0 Å². The second-order valence-corrected chi connectivity index (χ2v) is 11.1. The van der Waals surface area contributed by atoms with Crippen molar-refractivity contribution >= 4 is 11.9 Å². The lowest BCUT2D eigenvalue weighted by Crippen LogP contribution is -2.51. The lowest BCUT2D eigenvalue weighted by Gasteiger charge is -2.57. The monoisotopic (exact) mass is 436 g/mol. The van der Waals surface area contributed by atoms with E-state index in [9.17, 15) is 9.59 Å². The van der Waals surface area contributed by atoms with Crippen LogP contribution in [0.5, 0.6) is 0 Å². The number of rotatable bonds is 3. The number of esters is 2. The molecule has 2 unspecified atom stereocenters. The number of allylic oxidation sites excluding steroid dienone is 1. The quantitative estimate of drug-likeness (QED) is 0.424. The summed E-state index contributed by atoms with van der Waals surface area (Å²) < 4.78 is 11.7. The first-order chi connectivity index (χ1) is 15.3. The summed E-state index contributed by atoms with van der Waals surface area (Å²) in [7, 11) is 0. The van der Waals surface area contributed by atoms with Crippen molar-refractivity contribution < 1.29 is 19.1 Å². The molecular weight excluding hydrogens is 400 g/mol. The van der Waals surface area contributed by atoms with Crippen molar-refractivity contribution in [3.63, 3.8) is 0 Å². The average molecular weight is 437 g/mol. The van der Waals surface area contributed by atoms with Crippen LogP contribution >= 0.6 is 0 Å². The molecule has 0 aromatic heterocycles. The Morgan fingerprint density at radius 1 is 0.938 bits per heavy atom. The molecule has 0 saturated heterocycles. The minimum atomic E-state index is -0.179. The van der Waals surface area contributed by atoms with Crippen LogP contribution < -0.4 is 0 Å². The Morgan fingerprint density at radius 3 is 2.47 bits per heavy atom. The summed E-state index contributed by atoms with van der Waals surface area (Å²) in [5, 5.41) is 0. The summed E-state index contributed by atoms with van der Waals surface area (Å²) in [6, 6.07) is 9.40. The van der Waals surface area contributed by atoms with Crippen LogP contribution in [0.4, 0.5) is 0 Å². The zero-order chi connectivity index (χ0) is 22.5. The molecule has 0 aliphatic heterocycles. The van der Waals surface area contributed by atoms with E-state index in [1.165, 1.54) is 18.9 Å². The third kappa shape index (κ3) is 3.50. The highest BCUT2D eigenvalue weighted by atomic mass is 16.5. The van der Waals surface area contributed by atoms with E-state index in [2.05, 4.69) is 19.9 Å². The number of carbonyl (C=O) groups is 2. The van der Waals surface area contributed by atoms with Gasteiger partial charge in [0, 0.05) is 18.8 Å². The van der Waals surface area contributed by atoms with Gasteiger partial charge in [-0.05, 0) is 80.2 Å². The number of fused-ring (bicyclic) bond motifs is 5. The Morgan fingerprint density at radius 2 is 1.72 bits per heavy atom. The predicted molar refractivity (Wildman–Crippen MR) is 123 cm³/mol. The van der Waals surface area contributed by atoms with E-state index in [-0.39, 0.29) is 35.0 Å². The number of hydrogen-bond acceptors (Lipinski definition) is 4. The molecule has 5 rings (SSSR count). The zero-order valence-corrected chi connectivity index (χ0v) is 19.6. The lowest BCUT2D eigenvalue weighted by atomic mass is 9.48. The zero-order valence-electron chi connectivity index (χ0n) is 19.6. The van der Waals surface area contributed by atoms with Gasteiger partial charge in [-0.1, -0.05) is 43.7 Å². The Balaban J connectivity index is 1.33. The van der Waals surface area contributed by atoms with Crippen LogP contribution in [-0.2, 0) is 14.3 Å². The molecule has 0 radical (unpaired) electrons. The van der Waals surface area contributed by atoms with Gasteiger partial charge in [0.25, 0.3) is 0 Å². The van der Waals surface area contributed by atoms with E-state index in [0.29, 0.717) is 23.3 Å². The van der Waals surface area contributed by atoms with Gasteiger partial charge in [0.15, 0.2) is 0 Å². The van der Waals surface area contributed by atoms with Gasteiger partial charge in [0.1, 0.15) is 12.2 Å². The molecule has 172 valence electrons. The minimum absolute atomic E-state index is 0.0130. The Bertz CT molecular complexity index is 921. The Kier molecular flexibility index (Phi) is 5.46. The largest absolute Gasteiger partial charge is 0.462 e. The lowest BCUT2D eigenvalue weighted by molar-refractivity contribution is -0.148. The molecule has 4 aliphatic carbocycles. The number of hydrogen-bond donors (Lipinski definition) is 0. The van der Waals surface area contributed by atoms with Crippen LogP contribution in [0.3, 0.4) is 0 Å². The molecule has 4 heteroatoms. The first-order valence-corrected chi connectivity index (χ1v) is 12.4. The molecule has 1 aromatic rings. The fraction of sp³-hybridized carbons (Fsp3) is 0.643. The molecule has 0 spiro atoms. The van der Waals surface area contributed by atoms with Gasteiger partial charge in [0.2, 0.25) is 0 Å². The maximum Gasteiger partial charge on any atom is 0.338 e. The molecule has 4 nitrogen and oxygen atoms in total. The van der Waals surface area contributed by atoms with Crippen LogP contribution in [0.25, 0.3) is 0 Å². The molecule has 32 heavy (non-hydrogen) atoms. The van der Waals surface area contributed by atoms with Crippen molar-refractivity contribution in [1.82, 2.24) is 0 Å². The minimum Gasteiger partial charge on any atom is -0.462 e.